The van der Waals surface area contributed by atoms with E-state index in [0.717, 1.165) is 30.9 Å². The van der Waals surface area contributed by atoms with Crippen molar-refractivity contribution in [3.63, 3.8) is 0 Å². The number of nitrogens with one attached hydrogen (secondary N) is 2. The number of fused-ring (bicyclic) bond motifs is 2. The Kier molecular flexibility index (Phi) is 5.69. The molecular formula is C22H16BrN3O2S. The molecule has 5 nitrogen and oxygen atoms in total. The van der Waals surface area contributed by atoms with Crippen LogP contribution >= 0.6 is 27.3 Å². The first kappa shape index (κ1) is 19.3. The molecule has 4 rings (SSSR count). The lowest BCUT2D eigenvalue weighted by Crippen LogP contribution is -2.34. The zero-order chi connectivity index (χ0) is 20.2. The summed E-state index contributed by atoms with van der Waals surface area (Å²) < 4.78 is 2.14. The van der Waals surface area contributed by atoms with Crippen molar-refractivity contribution in [2.75, 3.05) is 6.54 Å². The molecule has 0 unspecified atom stereocenters. The Balaban J connectivity index is 1.33. The highest BCUT2D eigenvalue weighted by molar-refractivity contribution is 9.10. The minimum atomic E-state index is -0.390. The Morgan fingerprint density at radius 1 is 1.03 bits per heavy atom. The molecule has 0 aliphatic carbocycles. The third-order valence-corrected chi connectivity index (χ3v) is 5.85. The Bertz CT molecular complexity index is 1250. The van der Waals surface area contributed by atoms with Gasteiger partial charge >= 0.3 is 0 Å². The second-order valence-corrected chi connectivity index (χ2v) is 8.20. The van der Waals surface area contributed by atoms with Gasteiger partial charge in [-0.3, -0.25) is 9.59 Å². The molecule has 144 valence electrons. The molecule has 2 N–H and O–H groups in total. The average Bonchev–Trinajstić information content (AvgIpc) is 3.15. The summed E-state index contributed by atoms with van der Waals surface area (Å²) in [4.78, 5) is 24.3. The number of halogens is 1. The summed E-state index contributed by atoms with van der Waals surface area (Å²) in [6, 6.07) is 19.3. The van der Waals surface area contributed by atoms with Crippen LogP contribution in [0.4, 0.5) is 0 Å². The highest BCUT2D eigenvalue weighted by Gasteiger charge is 2.09. The first-order valence-corrected chi connectivity index (χ1v) is 10.5. The van der Waals surface area contributed by atoms with Gasteiger partial charge in [0.25, 0.3) is 11.8 Å². The summed E-state index contributed by atoms with van der Waals surface area (Å²) in [5.41, 5.74) is 3.89. The van der Waals surface area contributed by atoms with Crippen LogP contribution in [0, 0.1) is 0 Å². The van der Waals surface area contributed by atoms with E-state index >= 15 is 0 Å². The lowest BCUT2D eigenvalue weighted by Gasteiger charge is -2.06. The standard InChI is InChI=1S/C22H16BrN3O2S/c23-18-8-7-14-9-16(6-5-15(14)10-18)22(28)24-12-21(27)26-25-11-17-13-29-20-4-2-1-3-19(17)20/h1-11,13H,12H2,(H,24,28)(H,26,27). The molecule has 4 aromatic rings. The number of rotatable bonds is 5. The van der Waals surface area contributed by atoms with E-state index in [2.05, 4.69) is 31.8 Å². The third kappa shape index (κ3) is 4.52. The zero-order valence-electron chi connectivity index (χ0n) is 15.2. The predicted octanol–water partition coefficient (Wildman–Crippen LogP) is 4.70. The molecule has 3 aromatic carbocycles. The smallest absolute Gasteiger partial charge is 0.259 e. The predicted molar refractivity (Wildman–Crippen MR) is 122 cm³/mol. The molecule has 0 saturated carbocycles. The second kappa shape index (κ2) is 8.55. The summed E-state index contributed by atoms with van der Waals surface area (Å²) in [6.45, 7) is -0.154. The van der Waals surface area contributed by atoms with Crippen molar-refractivity contribution in [2.24, 2.45) is 5.10 Å². The summed E-state index contributed by atoms with van der Waals surface area (Å²) in [5.74, 6) is -0.698. The molecule has 0 spiro atoms. The van der Waals surface area contributed by atoms with Gasteiger partial charge in [-0.25, -0.2) is 5.43 Å². The van der Waals surface area contributed by atoms with E-state index in [1.807, 2.05) is 53.9 Å². The van der Waals surface area contributed by atoms with Crippen LogP contribution in [-0.4, -0.2) is 24.6 Å². The number of carbonyl (C=O) groups excluding carboxylic acids is 2. The molecule has 0 saturated heterocycles. The van der Waals surface area contributed by atoms with E-state index < -0.39 is 0 Å². The van der Waals surface area contributed by atoms with Crippen molar-refractivity contribution in [3.05, 3.63) is 81.6 Å². The fourth-order valence-corrected chi connectivity index (χ4v) is 4.22. The van der Waals surface area contributed by atoms with Gasteiger partial charge in [-0.1, -0.05) is 46.3 Å². The lowest BCUT2D eigenvalue weighted by molar-refractivity contribution is -0.120. The minimum Gasteiger partial charge on any atom is -0.343 e. The Labute approximate surface area is 179 Å². The fourth-order valence-electron chi connectivity index (χ4n) is 2.93. The molecule has 1 aromatic heterocycles. The average molecular weight is 466 g/mol. The van der Waals surface area contributed by atoms with Crippen LogP contribution in [0.15, 0.2) is 75.6 Å². The summed E-state index contributed by atoms with van der Waals surface area (Å²) >= 11 is 5.05. The molecule has 0 aliphatic rings. The van der Waals surface area contributed by atoms with Gasteiger partial charge in [0.05, 0.1) is 12.8 Å². The summed E-state index contributed by atoms with van der Waals surface area (Å²) in [5, 5.41) is 11.7. The second-order valence-electron chi connectivity index (χ2n) is 6.37. The van der Waals surface area contributed by atoms with E-state index in [9.17, 15) is 9.59 Å². The monoisotopic (exact) mass is 465 g/mol. The number of hydrogen-bond acceptors (Lipinski definition) is 4. The van der Waals surface area contributed by atoms with Gasteiger partial charge in [-0.2, -0.15) is 5.10 Å². The normalized spacial score (nSPS) is 11.2. The number of amides is 2. The molecule has 1 heterocycles. The van der Waals surface area contributed by atoms with E-state index in [1.54, 1.807) is 29.7 Å². The Morgan fingerprint density at radius 2 is 1.83 bits per heavy atom. The molecule has 0 atom stereocenters. The molecule has 2 amide bonds. The maximum absolute atomic E-state index is 12.3. The largest absolute Gasteiger partial charge is 0.343 e. The van der Waals surface area contributed by atoms with Crippen LogP contribution in [0.5, 0.6) is 0 Å². The van der Waals surface area contributed by atoms with Crippen molar-refractivity contribution in [3.8, 4) is 0 Å². The molecule has 0 radical (unpaired) electrons. The fraction of sp³-hybridized carbons (Fsp3) is 0.0455. The van der Waals surface area contributed by atoms with Gasteiger partial charge in [0.15, 0.2) is 0 Å². The van der Waals surface area contributed by atoms with E-state index in [4.69, 9.17) is 0 Å². The van der Waals surface area contributed by atoms with Gasteiger partial charge in [0.2, 0.25) is 0 Å². The number of hydrazone groups is 1. The molecule has 0 fully saturated rings. The van der Waals surface area contributed by atoms with Crippen molar-refractivity contribution >= 4 is 66.2 Å². The minimum absolute atomic E-state index is 0.154. The van der Waals surface area contributed by atoms with Crippen molar-refractivity contribution in [2.45, 2.75) is 0 Å². The highest BCUT2D eigenvalue weighted by Crippen LogP contribution is 2.24. The summed E-state index contributed by atoms with van der Waals surface area (Å²) in [7, 11) is 0. The first-order valence-electron chi connectivity index (χ1n) is 8.86. The highest BCUT2D eigenvalue weighted by atomic mass is 79.9. The molecular weight excluding hydrogens is 450 g/mol. The number of hydrogen-bond donors (Lipinski definition) is 2. The van der Waals surface area contributed by atoms with Gasteiger partial charge in [-0.15, -0.1) is 11.3 Å². The van der Waals surface area contributed by atoms with Gasteiger partial charge < -0.3 is 5.32 Å². The maximum Gasteiger partial charge on any atom is 0.259 e. The van der Waals surface area contributed by atoms with Crippen molar-refractivity contribution in [1.82, 2.24) is 10.7 Å². The molecule has 0 bridgehead atoms. The quantitative estimate of drug-likeness (QED) is 0.331. The van der Waals surface area contributed by atoms with Gasteiger partial charge in [-0.05, 0) is 41.1 Å². The molecule has 0 aliphatic heterocycles. The zero-order valence-corrected chi connectivity index (χ0v) is 17.6. The summed E-state index contributed by atoms with van der Waals surface area (Å²) in [6.07, 6.45) is 1.61. The number of benzene rings is 3. The van der Waals surface area contributed by atoms with E-state index in [-0.39, 0.29) is 18.4 Å². The van der Waals surface area contributed by atoms with Crippen LogP contribution in [0.3, 0.4) is 0 Å². The van der Waals surface area contributed by atoms with Crippen LogP contribution in [0.25, 0.3) is 20.9 Å². The SMILES string of the molecule is O=C(CNC(=O)c1ccc2cc(Br)ccc2c1)NN=Cc1csc2ccccc12. The van der Waals surface area contributed by atoms with Crippen molar-refractivity contribution < 1.29 is 9.59 Å². The number of thiophene rings is 1. The number of nitrogens with zero attached hydrogens (tertiary/aromatic N) is 1. The van der Waals surface area contributed by atoms with Gasteiger partial charge in [0, 0.05) is 31.1 Å². The Morgan fingerprint density at radius 3 is 2.72 bits per heavy atom. The van der Waals surface area contributed by atoms with Crippen LogP contribution in [0.1, 0.15) is 15.9 Å². The van der Waals surface area contributed by atoms with Crippen LogP contribution in [-0.2, 0) is 4.79 Å². The lowest BCUT2D eigenvalue weighted by atomic mass is 10.1. The van der Waals surface area contributed by atoms with Crippen LogP contribution < -0.4 is 10.7 Å². The third-order valence-electron chi connectivity index (χ3n) is 4.38. The number of carbonyl (C=O) groups is 2. The van der Waals surface area contributed by atoms with Gasteiger partial charge in [0.1, 0.15) is 0 Å². The Hall–Kier alpha value is -3.03. The van der Waals surface area contributed by atoms with Crippen molar-refractivity contribution in [1.29, 1.82) is 0 Å². The van der Waals surface area contributed by atoms with E-state index in [0.29, 0.717) is 5.56 Å². The molecule has 7 heteroatoms. The van der Waals surface area contributed by atoms with E-state index in [1.165, 1.54) is 0 Å². The molecule has 29 heavy (non-hydrogen) atoms. The maximum atomic E-state index is 12.3. The topological polar surface area (TPSA) is 70.6 Å². The van der Waals surface area contributed by atoms with Crippen LogP contribution in [0.2, 0.25) is 0 Å². The first-order chi connectivity index (χ1) is 14.1.